The highest BCUT2D eigenvalue weighted by molar-refractivity contribution is 5.59. The highest BCUT2D eigenvalue weighted by atomic mass is 19.1. The Bertz CT molecular complexity index is 624. The second-order valence-corrected chi connectivity index (χ2v) is 4.90. The van der Waals surface area contributed by atoms with Crippen LogP contribution in [0.1, 0.15) is 22.7 Å². The number of anilines is 1. The van der Waals surface area contributed by atoms with Crippen molar-refractivity contribution in [1.82, 2.24) is 0 Å². The van der Waals surface area contributed by atoms with E-state index >= 15 is 0 Å². The third-order valence-electron chi connectivity index (χ3n) is 3.66. The SMILES string of the molecule is COc1ccc(C2Cc3cccc(F)c3N2)cc1C. The van der Waals surface area contributed by atoms with Gasteiger partial charge in [0.25, 0.3) is 0 Å². The Morgan fingerprint density at radius 1 is 1.26 bits per heavy atom. The molecule has 0 spiro atoms. The van der Waals surface area contributed by atoms with Gasteiger partial charge in [0.2, 0.25) is 0 Å². The summed E-state index contributed by atoms with van der Waals surface area (Å²) in [6.07, 6.45) is 0.818. The van der Waals surface area contributed by atoms with Crippen molar-refractivity contribution in [3.63, 3.8) is 0 Å². The number of hydrogen-bond acceptors (Lipinski definition) is 2. The van der Waals surface area contributed by atoms with Crippen LogP contribution in [-0.2, 0) is 6.42 Å². The van der Waals surface area contributed by atoms with Crippen LogP contribution in [0.25, 0.3) is 0 Å². The Hall–Kier alpha value is -2.03. The van der Waals surface area contributed by atoms with E-state index in [1.807, 2.05) is 25.1 Å². The van der Waals surface area contributed by atoms with Crippen molar-refractivity contribution in [2.24, 2.45) is 0 Å². The van der Waals surface area contributed by atoms with Crippen molar-refractivity contribution in [3.8, 4) is 5.75 Å². The molecule has 2 nitrogen and oxygen atoms in total. The number of halogens is 1. The minimum absolute atomic E-state index is 0.136. The molecule has 0 aliphatic carbocycles. The number of para-hydroxylation sites is 1. The summed E-state index contributed by atoms with van der Waals surface area (Å²) in [6.45, 7) is 2.02. The largest absolute Gasteiger partial charge is 0.496 e. The molecule has 98 valence electrons. The average Bonchev–Trinajstić information content (AvgIpc) is 2.84. The van der Waals surface area contributed by atoms with Gasteiger partial charge in [-0.2, -0.15) is 0 Å². The molecule has 1 unspecified atom stereocenters. The standard InChI is InChI=1S/C16H16FNO/c1-10-8-11(6-7-15(10)19-2)14-9-12-4-3-5-13(17)16(12)18-14/h3-8,14,18H,9H2,1-2H3. The maximum Gasteiger partial charge on any atom is 0.146 e. The van der Waals surface area contributed by atoms with Crippen LogP contribution in [0, 0.1) is 12.7 Å². The van der Waals surface area contributed by atoms with Gasteiger partial charge >= 0.3 is 0 Å². The Balaban J connectivity index is 1.91. The molecule has 0 fully saturated rings. The molecular formula is C16H16FNO. The fraction of sp³-hybridized carbons (Fsp3) is 0.250. The van der Waals surface area contributed by atoms with Crippen molar-refractivity contribution >= 4 is 5.69 Å². The van der Waals surface area contributed by atoms with Gasteiger partial charge in [0.15, 0.2) is 0 Å². The average molecular weight is 257 g/mol. The second kappa shape index (κ2) is 4.57. The molecule has 1 heterocycles. The Morgan fingerprint density at radius 2 is 2.11 bits per heavy atom. The molecule has 0 saturated heterocycles. The Morgan fingerprint density at radius 3 is 2.79 bits per heavy atom. The zero-order chi connectivity index (χ0) is 13.4. The minimum atomic E-state index is -0.176. The van der Waals surface area contributed by atoms with Gasteiger partial charge < -0.3 is 10.1 Å². The Labute approximate surface area is 112 Å². The molecule has 1 atom stereocenters. The molecule has 0 bridgehead atoms. The van der Waals surface area contributed by atoms with E-state index in [0.29, 0.717) is 5.69 Å². The van der Waals surface area contributed by atoms with Crippen LogP contribution in [0.15, 0.2) is 36.4 Å². The zero-order valence-corrected chi connectivity index (χ0v) is 11.0. The highest BCUT2D eigenvalue weighted by Gasteiger charge is 2.24. The van der Waals surface area contributed by atoms with E-state index in [4.69, 9.17) is 4.74 Å². The molecule has 0 radical (unpaired) electrons. The molecular weight excluding hydrogens is 241 g/mol. The summed E-state index contributed by atoms with van der Waals surface area (Å²) >= 11 is 0. The molecule has 2 aromatic rings. The number of hydrogen-bond donors (Lipinski definition) is 1. The summed E-state index contributed by atoms with van der Waals surface area (Å²) in [5, 5.41) is 3.27. The highest BCUT2D eigenvalue weighted by Crippen LogP contribution is 2.36. The van der Waals surface area contributed by atoms with Crippen LogP contribution >= 0.6 is 0 Å². The normalized spacial score (nSPS) is 16.9. The molecule has 0 aromatic heterocycles. The van der Waals surface area contributed by atoms with Crippen LogP contribution in [0.2, 0.25) is 0 Å². The van der Waals surface area contributed by atoms with E-state index in [0.717, 1.165) is 28.9 Å². The number of benzene rings is 2. The van der Waals surface area contributed by atoms with Crippen LogP contribution < -0.4 is 10.1 Å². The van der Waals surface area contributed by atoms with Crippen LogP contribution in [0.4, 0.5) is 10.1 Å². The summed E-state index contributed by atoms with van der Waals surface area (Å²) in [6, 6.07) is 11.5. The molecule has 2 aromatic carbocycles. The van der Waals surface area contributed by atoms with Crippen LogP contribution in [-0.4, -0.2) is 7.11 Å². The predicted molar refractivity (Wildman–Crippen MR) is 74.2 cm³/mol. The van der Waals surface area contributed by atoms with Crippen molar-refractivity contribution in [2.75, 3.05) is 12.4 Å². The van der Waals surface area contributed by atoms with E-state index in [-0.39, 0.29) is 11.9 Å². The molecule has 3 heteroatoms. The topological polar surface area (TPSA) is 21.3 Å². The molecule has 0 amide bonds. The van der Waals surface area contributed by atoms with E-state index in [1.165, 1.54) is 6.07 Å². The first-order valence-electron chi connectivity index (χ1n) is 6.37. The summed E-state index contributed by atoms with van der Waals surface area (Å²) in [5.74, 6) is 0.704. The lowest BCUT2D eigenvalue weighted by Gasteiger charge is -2.14. The smallest absolute Gasteiger partial charge is 0.146 e. The monoisotopic (exact) mass is 257 g/mol. The minimum Gasteiger partial charge on any atom is -0.496 e. The summed E-state index contributed by atoms with van der Waals surface area (Å²) in [4.78, 5) is 0. The van der Waals surface area contributed by atoms with Gasteiger partial charge in [0.1, 0.15) is 11.6 Å². The van der Waals surface area contributed by atoms with Gasteiger partial charge in [-0.3, -0.25) is 0 Å². The zero-order valence-electron chi connectivity index (χ0n) is 11.0. The van der Waals surface area contributed by atoms with Crippen molar-refractivity contribution in [3.05, 3.63) is 58.9 Å². The summed E-state index contributed by atoms with van der Waals surface area (Å²) < 4.78 is 19.0. The lowest BCUT2D eigenvalue weighted by molar-refractivity contribution is 0.411. The number of rotatable bonds is 2. The van der Waals surface area contributed by atoms with Crippen LogP contribution in [0.5, 0.6) is 5.75 Å². The molecule has 19 heavy (non-hydrogen) atoms. The lowest BCUT2D eigenvalue weighted by Crippen LogP contribution is -2.06. The molecule has 3 rings (SSSR count). The number of ether oxygens (including phenoxy) is 1. The maximum atomic E-state index is 13.7. The van der Waals surface area contributed by atoms with Crippen molar-refractivity contribution in [1.29, 1.82) is 0 Å². The second-order valence-electron chi connectivity index (χ2n) is 4.90. The molecule has 0 saturated carbocycles. The van der Waals surface area contributed by atoms with E-state index < -0.39 is 0 Å². The summed E-state index contributed by atoms with van der Waals surface area (Å²) in [7, 11) is 1.67. The van der Waals surface area contributed by atoms with E-state index in [1.54, 1.807) is 13.2 Å². The van der Waals surface area contributed by atoms with Gasteiger partial charge in [-0.1, -0.05) is 24.3 Å². The van der Waals surface area contributed by atoms with Crippen molar-refractivity contribution in [2.45, 2.75) is 19.4 Å². The fourth-order valence-corrected chi connectivity index (χ4v) is 2.67. The van der Waals surface area contributed by atoms with Gasteiger partial charge in [-0.25, -0.2) is 4.39 Å². The number of aryl methyl sites for hydroxylation is 1. The van der Waals surface area contributed by atoms with Gasteiger partial charge in [-0.05, 0) is 42.2 Å². The first kappa shape index (κ1) is 12.0. The molecule has 1 aliphatic rings. The first-order valence-corrected chi connectivity index (χ1v) is 6.37. The third-order valence-corrected chi connectivity index (χ3v) is 3.66. The molecule has 1 N–H and O–H groups in total. The van der Waals surface area contributed by atoms with Gasteiger partial charge in [-0.15, -0.1) is 0 Å². The maximum absolute atomic E-state index is 13.7. The summed E-state index contributed by atoms with van der Waals surface area (Å²) in [5.41, 5.74) is 3.94. The predicted octanol–water partition coefficient (Wildman–Crippen LogP) is 3.85. The van der Waals surface area contributed by atoms with Crippen LogP contribution in [0.3, 0.4) is 0 Å². The van der Waals surface area contributed by atoms with Gasteiger partial charge in [0.05, 0.1) is 18.8 Å². The first-order chi connectivity index (χ1) is 9.19. The Kier molecular flexibility index (Phi) is 2.90. The van der Waals surface area contributed by atoms with Crippen molar-refractivity contribution < 1.29 is 9.13 Å². The third kappa shape index (κ3) is 2.05. The quantitative estimate of drug-likeness (QED) is 0.882. The fourth-order valence-electron chi connectivity index (χ4n) is 2.67. The number of nitrogens with one attached hydrogen (secondary N) is 1. The van der Waals surface area contributed by atoms with E-state index in [2.05, 4.69) is 11.4 Å². The molecule has 1 aliphatic heterocycles. The lowest BCUT2D eigenvalue weighted by atomic mass is 10.0. The number of fused-ring (bicyclic) bond motifs is 1. The van der Waals surface area contributed by atoms with Gasteiger partial charge in [0, 0.05) is 0 Å². The number of methoxy groups -OCH3 is 1. The van der Waals surface area contributed by atoms with E-state index in [9.17, 15) is 4.39 Å².